The average molecular weight is 311 g/mol. The molecule has 1 aliphatic carbocycles. The van der Waals surface area contributed by atoms with Gasteiger partial charge in [0.2, 0.25) is 0 Å². The number of ether oxygens (including phenoxy) is 1. The van der Waals surface area contributed by atoms with Gasteiger partial charge in [-0.05, 0) is 31.6 Å². The van der Waals surface area contributed by atoms with E-state index in [1.807, 2.05) is 25.2 Å². The first-order valence-corrected chi connectivity index (χ1v) is 7.26. The maximum absolute atomic E-state index is 11.1. The summed E-state index contributed by atoms with van der Waals surface area (Å²) in [7, 11) is 1.68. The van der Waals surface area contributed by atoms with Gasteiger partial charge in [0.15, 0.2) is 5.76 Å². The highest BCUT2D eigenvalue weighted by atomic mass is 16.5. The van der Waals surface area contributed by atoms with Crippen LogP contribution in [0.3, 0.4) is 0 Å². The third kappa shape index (κ3) is 3.10. The first-order chi connectivity index (χ1) is 11.0. The Morgan fingerprint density at radius 3 is 2.96 bits per heavy atom. The first-order valence-electron chi connectivity index (χ1n) is 7.26. The van der Waals surface area contributed by atoms with E-state index >= 15 is 0 Å². The fourth-order valence-corrected chi connectivity index (χ4v) is 2.51. The number of nitrogens with zero attached hydrogens (tertiary/aromatic N) is 1. The Morgan fingerprint density at radius 1 is 1.39 bits per heavy atom. The molecule has 0 saturated carbocycles. The summed E-state index contributed by atoms with van der Waals surface area (Å²) in [5.74, 6) is -0.343. The van der Waals surface area contributed by atoms with Crippen molar-refractivity contribution in [3.05, 3.63) is 59.9 Å². The minimum Gasteiger partial charge on any atom is -0.478 e. The van der Waals surface area contributed by atoms with Crippen LogP contribution in [0, 0.1) is 0 Å². The second-order valence-corrected chi connectivity index (χ2v) is 5.69. The third-order valence-electron chi connectivity index (χ3n) is 3.95. The second kappa shape index (κ2) is 5.85. The lowest BCUT2D eigenvalue weighted by Gasteiger charge is -2.26. The standard InChI is InChI=1S/C18H17NO4/c1-18(22-2)8-4-7-14(11-18)16-10-15(19-23-16)12-5-3-6-13(9-12)17(20)21/h3-7,9-11H,8H2,1-2H3,(H,20,21). The van der Waals surface area contributed by atoms with Crippen molar-refractivity contribution in [3.63, 3.8) is 0 Å². The molecular formula is C18H17NO4. The molecule has 0 spiro atoms. The van der Waals surface area contributed by atoms with E-state index in [-0.39, 0.29) is 11.2 Å². The van der Waals surface area contributed by atoms with E-state index < -0.39 is 5.97 Å². The molecular weight excluding hydrogens is 294 g/mol. The topological polar surface area (TPSA) is 72.6 Å². The van der Waals surface area contributed by atoms with Crippen LogP contribution in [0.15, 0.2) is 53.1 Å². The van der Waals surface area contributed by atoms with Gasteiger partial charge in [0.1, 0.15) is 5.69 Å². The quantitative estimate of drug-likeness (QED) is 0.930. The Bertz CT molecular complexity index is 803. The molecule has 23 heavy (non-hydrogen) atoms. The minimum atomic E-state index is -0.968. The SMILES string of the molecule is COC1(C)C=C(c2cc(-c3cccc(C(=O)O)c3)no2)C=CC1. The normalized spacial score (nSPS) is 20.3. The number of carboxylic acids is 1. The van der Waals surface area contributed by atoms with Crippen LogP contribution in [0.1, 0.15) is 29.5 Å². The largest absolute Gasteiger partial charge is 0.478 e. The zero-order valence-electron chi connectivity index (χ0n) is 12.9. The molecule has 2 aromatic rings. The molecule has 5 nitrogen and oxygen atoms in total. The molecule has 0 fully saturated rings. The van der Waals surface area contributed by atoms with E-state index in [2.05, 4.69) is 5.16 Å². The smallest absolute Gasteiger partial charge is 0.335 e. The summed E-state index contributed by atoms with van der Waals surface area (Å²) >= 11 is 0. The van der Waals surface area contributed by atoms with Crippen molar-refractivity contribution < 1.29 is 19.2 Å². The Labute approximate surface area is 133 Å². The van der Waals surface area contributed by atoms with E-state index in [4.69, 9.17) is 14.4 Å². The minimum absolute atomic E-state index is 0.218. The summed E-state index contributed by atoms with van der Waals surface area (Å²) in [6.45, 7) is 2.00. The molecule has 0 saturated heterocycles. The summed E-state index contributed by atoms with van der Waals surface area (Å²) in [5, 5.41) is 13.1. The highest BCUT2D eigenvalue weighted by Gasteiger charge is 2.24. The fraction of sp³-hybridized carbons (Fsp3) is 0.222. The molecule has 1 aromatic heterocycles. The van der Waals surface area contributed by atoms with Gasteiger partial charge in [0.25, 0.3) is 0 Å². The van der Waals surface area contributed by atoms with E-state index in [9.17, 15) is 4.79 Å². The van der Waals surface area contributed by atoms with E-state index in [1.165, 1.54) is 0 Å². The summed E-state index contributed by atoms with van der Waals surface area (Å²) in [4.78, 5) is 11.1. The van der Waals surface area contributed by atoms with E-state index in [0.29, 0.717) is 17.0 Å². The van der Waals surface area contributed by atoms with Crippen molar-refractivity contribution in [2.45, 2.75) is 18.9 Å². The Balaban J connectivity index is 1.94. The average Bonchev–Trinajstić information content (AvgIpc) is 3.05. The van der Waals surface area contributed by atoms with Crippen LogP contribution in [0.25, 0.3) is 16.8 Å². The van der Waals surface area contributed by atoms with Crippen molar-refractivity contribution in [1.29, 1.82) is 0 Å². The van der Waals surface area contributed by atoms with Crippen molar-refractivity contribution in [2.24, 2.45) is 0 Å². The molecule has 1 unspecified atom stereocenters. The van der Waals surface area contributed by atoms with Gasteiger partial charge in [-0.1, -0.05) is 29.4 Å². The van der Waals surface area contributed by atoms with Crippen molar-refractivity contribution in [3.8, 4) is 11.3 Å². The van der Waals surface area contributed by atoms with Crippen molar-refractivity contribution in [2.75, 3.05) is 7.11 Å². The van der Waals surface area contributed by atoms with Crippen LogP contribution in [0.2, 0.25) is 0 Å². The highest BCUT2D eigenvalue weighted by molar-refractivity contribution is 5.89. The number of benzene rings is 1. The van der Waals surface area contributed by atoms with Crippen LogP contribution in [0.5, 0.6) is 0 Å². The number of allylic oxidation sites excluding steroid dienone is 2. The molecule has 3 rings (SSSR count). The van der Waals surface area contributed by atoms with Gasteiger partial charge in [0.05, 0.1) is 11.2 Å². The lowest BCUT2D eigenvalue weighted by molar-refractivity contribution is 0.0510. The monoisotopic (exact) mass is 311 g/mol. The van der Waals surface area contributed by atoms with E-state index in [0.717, 1.165) is 12.0 Å². The van der Waals surface area contributed by atoms with Crippen molar-refractivity contribution in [1.82, 2.24) is 5.16 Å². The molecule has 1 heterocycles. The number of aromatic nitrogens is 1. The maximum atomic E-state index is 11.1. The second-order valence-electron chi connectivity index (χ2n) is 5.69. The van der Waals surface area contributed by atoms with Gasteiger partial charge in [-0.25, -0.2) is 4.79 Å². The number of rotatable bonds is 4. The number of methoxy groups -OCH3 is 1. The lowest BCUT2D eigenvalue weighted by atomic mass is 9.92. The highest BCUT2D eigenvalue weighted by Crippen LogP contribution is 2.31. The van der Waals surface area contributed by atoms with Crippen LogP contribution in [-0.4, -0.2) is 28.9 Å². The number of carbonyl (C=O) groups is 1. The fourth-order valence-electron chi connectivity index (χ4n) is 2.51. The molecule has 1 atom stereocenters. The number of aromatic carboxylic acids is 1. The predicted molar refractivity (Wildman–Crippen MR) is 86.0 cm³/mol. The molecule has 0 bridgehead atoms. The molecule has 0 aliphatic heterocycles. The molecule has 1 aliphatic rings. The third-order valence-corrected chi connectivity index (χ3v) is 3.95. The van der Waals surface area contributed by atoms with Crippen LogP contribution in [0.4, 0.5) is 0 Å². The molecule has 118 valence electrons. The van der Waals surface area contributed by atoms with Crippen LogP contribution >= 0.6 is 0 Å². The summed E-state index contributed by atoms with van der Waals surface area (Å²) in [5.41, 5.74) is 2.06. The first kappa shape index (κ1) is 15.2. The van der Waals surface area contributed by atoms with Crippen molar-refractivity contribution >= 4 is 11.5 Å². The molecule has 5 heteroatoms. The number of hydrogen-bond donors (Lipinski definition) is 1. The number of carboxylic acid groups (broad SMARTS) is 1. The van der Waals surface area contributed by atoms with Gasteiger partial charge in [-0.3, -0.25) is 0 Å². The Hall–Kier alpha value is -2.66. The van der Waals surface area contributed by atoms with Crippen LogP contribution < -0.4 is 0 Å². The van der Waals surface area contributed by atoms with Gasteiger partial charge in [-0.2, -0.15) is 0 Å². The van der Waals surface area contributed by atoms with Crippen LogP contribution in [-0.2, 0) is 4.74 Å². The summed E-state index contributed by atoms with van der Waals surface area (Å²) < 4.78 is 10.9. The molecule has 1 N–H and O–H groups in total. The predicted octanol–water partition coefficient (Wildman–Crippen LogP) is 3.79. The summed E-state index contributed by atoms with van der Waals surface area (Å²) in [6.07, 6.45) is 6.81. The Morgan fingerprint density at radius 2 is 2.22 bits per heavy atom. The molecule has 0 radical (unpaired) electrons. The Kier molecular flexibility index (Phi) is 3.88. The van der Waals surface area contributed by atoms with Gasteiger partial charge < -0.3 is 14.4 Å². The lowest BCUT2D eigenvalue weighted by Crippen LogP contribution is -2.25. The maximum Gasteiger partial charge on any atom is 0.335 e. The number of hydrogen-bond acceptors (Lipinski definition) is 4. The molecule has 0 amide bonds. The zero-order valence-corrected chi connectivity index (χ0v) is 12.9. The van der Waals surface area contributed by atoms with E-state index in [1.54, 1.807) is 37.4 Å². The van der Waals surface area contributed by atoms with Gasteiger partial charge in [-0.15, -0.1) is 0 Å². The van der Waals surface area contributed by atoms with Gasteiger partial charge in [0, 0.05) is 24.3 Å². The summed E-state index contributed by atoms with van der Waals surface area (Å²) in [6, 6.07) is 8.42. The molecule has 1 aromatic carbocycles. The van der Waals surface area contributed by atoms with Gasteiger partial charge >= 0.3 is 5.97 Å². The zero-order chi connectivity index (χ0) is 16.4.